The van der Waals surface area contributed by atoms with Crippen LogP contribution in [0.4, 0.5) is 5.95 Å². The van der Waals surface area contributed by atoms with E-state index < -0.39 is 0 Å². The molecule has 0 bridgehead atoms. The van der Waals surface area contributed by atoms with Crippen molar-refractivity contribution in [2.45, 2.75) is 25.7 Å². The predicted octanol–water partition coefficient (Wildman–Crippen LogP) is 2.71. The van der Waals surface area contributed by atoms with Gasteiger partial charge in [0.15, 0.2) is 0 Å². The maximum Gasteiger partial charge on any atom is 0.225 e. The van der Waals surface area contributed by atoms with Crippen molar-refractivity contribution >= 4 is 28.5 Å². The van der Waals surface area contributed by atoms with Crippen LogP contribution in [-0.2, 0) is 0 Å². The van der Waals surface area contributed by atoms with Crippen LogP contribution in [0.3, 0.4) is 0 Å². The first-order valence-electron chi connectivity index (χ1n) is 6.04. The molecule has 0 aromatic carbocycles. The second-order valence-electron chi connectivity index (χ2n) is 4.99. The van der Waals surface area contributed by atoms with Crippen LogP contribution in [0.25, 0.3) is 0 Å². The summed E-state index contributed by atoms with van der Waals surface area (Å²) in [5.41, 5.74) is 0. The van der Waals surface area contributed by atoms with Crippen molar-refractivity contribution in [2.24, 2.45) is 11.8 Å². The van der Waals surface area contributed by atoms with E-state index in [-0.39, 0.29) is 0 Å². The van der Waals surface area contributed by atoms with Crippen LogP contribution in [-0.4, -0.2) is 23.1 Å². The lowest BCUT2D eigenvalue weighted by Gasteiger charge is -2.22. The lowest BCUT2D eigenvalue weighted by atomic mass is 10.3. The molecule has 2 fully saturated rings. The lowest BCUT2D eigenvalue weighted by molar-refractivity contribution is 0.661. The maximum absolute atomic E-state index is 4.45. The molecule has 2 aliphatic carbocycles. The summed E-state index contributed by atoms with van der Waals surface area (Å²) in [7, 11) is 0. The fourth-order valence-electron chi connectivity index (χ4n) is 1.93. The highest BCUT2D eigenvalue weighted by atomic mass is 127. The Kier molecular flexibility index (Phi) is 3.00. The minimum atomic E-state index is 0.904. The lowest BCUT2D eigenvalue weighted by Crippen LogP contribution is -2.29. The molecule has 4 heteroatoms. The van der Waals surface area contributed by atoms with Crippen LogP contribution >= 0.6 is 22.6 Å². The third-order valence-electron chi connectivity index (χ3n) is 3.24. The summed E-state index contributed by atoms with van der Waals surface area (Å²) >= 11 is 2.25. The highest BCUT2D eigenvalue weighted by Gasteiger charge is 2.30. The molecule has 86 valence electrons. The van der Waals surface area contributed by atoms with Gasteiger partial charge in [-0.25, -0.2) is 9.97 Å². The molecule has 3 rings (SSSR count). The van der Waals surface area contributed by atoms with Gasteiger partial charge in [0, 0.05) is 29.1 Å². The van der Waals surface area contributed by atoms with E-state index in [1.807, 2.05) is 12.4 Å². The average Bonchev–Trinajstić information content (AvgIpc) is 3.12. The molecule has 0 radical (unpaired) electrons. The Balaban J connectivity index is 1.71. The Morgan fingerprint density at radius 1 is 1.06 bits per heavy atom. The van der Waals surface area contributed by atoms with Gasteiger partial charge < -0.3 is 4.90 Å². The van der Waals surface area contributed by atoms with E-state index in [0.29, 0.717) is 0 Å². The number of hydrogen-bond donors (Lipinski definition) is 0. The first kappa shape index (κ1) is 10.7. The molecule has 0 amide bonds. The van der Waals surface area contributed by atoms with Gasteiger partial charge in [0.2, 0.25) is 5.95 Å². The summed E-state index contributed by atoms with van der Waals surface area (Å²) in [5, 5.41) is 0. The average molecular weight is 329 g/mol. The monoisotopic (exact) mass is 329 g/mol. The van der Waals surface area contributed by atoms with Gasteiger partial charge in [-0.05, 0) is 60.1 Å². The second kappa shape index (κ2) is 4.47. The molecule has 0 N–H and O–H groups in total. The molecule has 1 heterocycles. The van der Waals surface area contributed by atoms with Crippen molar-refractivity contribution < 1.29 is 0 Å². The van der Waals surface area contributed by atoms with Crippen molar-refractivity contribution in [3.05, 3.63) is 16.0 Å². The quantitative estimate of drug-likeness (QED) is 0.778. The van der Waals surface area contributed by atoms with Crippen LogP contribution in [0.15, 0.2) is 12.4 Å². The SMILES string of the molecule is Ic1cnc(N(CC2CC2)CC2CC2)nc1. The third-order valence-corrected chi connectivity index (χ3v) is 3.80. The van der Waals surface area contributed by atoms with Gasteiger partial charge in [0.25, 0.3) is 0 Å². The Bertz CT molecular complexity index is 343. The van der Waals surface area contributed by atoms with E-state index in [1.165, 1.54) is 25.7 Å². The van der Waals surface area contributed by atoms with E-state index in [4.69, 9.17) is 0 Å². The number of hydrogen-bond acceptors (Lipinski definition) is 3. The van der Waals surface area contributed by atoms with Gasteiger partial charge in [-0.15, -0.1) is 0 Å². The molecule has 2 aliphatic rings. The standard InChI is InChI=1S/C12H16IN3/c13-11-5-14-12(15-6-11)16(7-9-1-2-9)8-10-3-4-10/h5-6,9-10H,1-4,7-8H2. The van der Waals surface area contributed by atoms with Crippen molar-refractivity contribution in [3.63, 3.8) is 0 Å². The van der Waals surface area contributed by atoms with Crippen LogP contribution in [0.5, 0.6) is 0 Å². The van der Waals surface area contributed by atoms with E-state index in [0.717, 1.165) is 34.4 Å². The zero-order valence-corrected chi connectivity index (χ0v) is 11.4. The van der Waals surface area contributed by atoms with Gasteiger partial charge in [-0.1, -0.05) is 0 Å². The van der Waals surface area contributed by atoms with E-state index >= 15 is 0 Å². The minimum Gasteiger partial charge on any atom is -0.340 e. The first-order valence-corrected chi connectivity index (χ1v) is 7.11. The zero-order chi connectivity index (χ0) is 11.0. The molecule has 3 nitrogen and oxygen atoms in total. The highest BCUT2D eigenvalue weighted by Crippen LogP contribution is 2.34. The maximum atomic E-state index is 4.45. The molecule has 16 heavy (non-hydrogen) atoms. The summed E-state index contributed by atoms with van der Waals surface area (Å²) in [6.45, 7) is 2.33. The second-order valence-corrected chi connectivity index (χ2v) is 6.24. The van der Waals surface area contributed by atoms with Crippen molar-refractivity contribution in [3.8, 4) is 0 Å². The molecule has 0 spiro atoms. The third kappa shape index (κ3) is 2.84. The molecule has 0 aliphatic heterocycles. The Labute approximate surface area is 110 Å². The molecule has 1 aromatic heterocycles. The number of rotatable bonds is 5. The largest absolute Gasteiger partial charge is 0.340 e. The molecule has 0 atom stereocenters. The first-order chi connectivity index (χ1) is 7.81. The number of halogens is 1. The summed E-state index contributed by atoms with van der Waals surface area (Å²) in [5.74, 6) is 2.74. The highest BCUT2D eigenvalue weighted by molar-refractivity contribution is 14.1. The molecule has 0 unspecified atom stereocenters. The summed E-state index contributed by atoms with van der Waals surface area (Å²) < 4.78 is 1.11. The number of nitrogens with zero attached hydrogens (tertiary/aromatic N) is 3. The number of anilines is 1. The summed E-state index contributed by atoms with van der Waals surface area (Å²) in [6.07, 6.45) is 9.40. The Hall–Kier alpha value is -0.390. The van der Waals surface area contributed by atoms with Crippen LogP contribution in [0, 0.1) is 15.4 Å². The van der Waals surface area contributed by atoms with Gasteiger partial charge in [0.1, 0.15) is 0 Å². The number of aromatic nitrogens is 2. The Morgan fingerprint density at radius 2 is 1.56 bits per heavy atom. The molecular formula is C12H16IN3. The topological polar surface area (TPSA) is 29.0 Å². The van der Waals surface area contributed by atoms with Gasteiger partial charge in [-0.2, -0.15) is 0 Å². The molecule has 0 saturated heterocycles. The van der Waals surface area contributed by atoms with Crippen LogP contribution in [0.2, 0.25) is 0 Å². The minimum absolute atomic E-state index is 0.904. The fourth-order valence-corrected chi connectivity index (χ4v) is 2.21. The van der Waals surface area contributed by atoms with Crippen molar-refractivity contribution in [2.75, 3.05) is 18.0 Å². The molecular weight excluding hydrogens is 313 g/mol. The van der Waals surface area contributed by atoms with E-state index in [9.17, 15) is 0 Å². The smallest absolute Gasteiger partial charge is 0.225 e. The van der Waals surface area contributed by atoms with Gasteiger partial charge >= 0.3 is 0 Å². The molecule has 2 saturated carbocycles. The normalized spacial score (nSPS) is 19.8. The summed E-state index contributed by atoms with van der Waals surface area (Å²) in [4.78, 5) is 11.3. The Morgan fingerprint density at radius 3 is 2.00 bits per heavy atom. The van der Waals surface area contributed by atoms with Crippen molar-refractivity contribution in [1.82, 2.24) is 9.97 Å². The molecule has 1 aromatic rings. The summed E-state index contributed by atoms with van der Waals surface area (Å²) in [6, 6.07) is 0. The zero-order valence-electron chi connectivity index (χ0n) is 9.27. The van der Waals surface area contributed by atoms with E-state index in [1.54, 1.807) is 0 Å². The predicted molar refractivity (Wildman–Crippen MR) is 72.4 cm³/mol. The van der Waals surface area contributed by atoms with Gasteiger partial charge in [-0.3, -0.25) is 0 Å². The van der Waals surface area contributed by atoms with Crippen LogP contribution in [0.1, 0.15) is 25.7 Å². The van der Waals surface area contributed by atoms with Gasteiger partial charge in [0.05, 0.1) is 0 Å². The van der Waals surface area contributed by atoms with Crippen molar-refractivity contribution in [1.29, 1.82) is 0 Å². The fraction of sp³-hybridized carbons (Fsp3) is 0.667. The van der Waals surface area contributed by atoms with Crippen LogP contribution < -0.4 is 4.90 Å². The van der Waals surface area contributed by atoms with E-state index in [2.05, 4.69) is 37.5 Å².